The molecule has 88 valence electrons. The average molecular weight is 237 g/mol. The van der Waals surface area contributed by atoms with Gasteiger partial charge in [0.1, 0.15) is 0 Å². The highest BCUT2D eigenvalue weighted by atomic mass is 32.2. The summed E-state index contributed by atoms with van der Waals surface area (Å²) in [6.45, 7) is 4.62. The Kier molecular flexibility index (Phi) is 4.27. The lowest BCUT2D eigenvalue weighted by Crippen LogP contribution is -2.17. The molecule has 16 heavy (non-hydrogen) atoms. The molecule has 2 rings (SSSR count). The second-order valence-corrected chi connectivity index (χ2v) is 5.58. The van der Waals surface area contributed by atoms with Crippen molar-refractivity contribution in [2.24, 2.45) is 5.73 Å². The molecule has 1 aliphatic rings. The minimum atomic E-state index is 0.628. The van der Waals surface area contributed by atoms with Crippen LogP contribution in [0.5, 0.6) is 0 Å². The molecule has 2 N–H and O–H groups in total. The summed E-state index contributed by atoms with van der Waals surface area (Å²) >= 11 is 1.99. The molecule has 1 aromatic rings. The monoisotopic (exact) mass is 237 g/mol. The molecule has 0 atom stereocenters. The number of ether oxygens (including phenoxy) is 1. The van der Waals surface area contributed by atoms with Crippen molar-refractivity contribution in [3.63, 3.8) is 0 Å². The first-order valence-corrected chi connectivity index (χ1v) is 6.71. The number of aryl methyl sites for hydroxylation is 1. The van der Waals surface area contributed by atoms with Gasteiger partial charge in [0.15, 0.2) is 0 Å². The molecule has 2 nitrogen and oxygen atoms in total. The summed E-state index contributed by atoms with van der Waals surface area (Å²) in [7, 11) is 0. The number of thioether (sulfide) groups is 1. The normalized spacial score (nSPS) is 17.6. The van der Waals surface area contributed by atoms with Crippen LogP contribution in [0.4, 0.5) is 0 Å². The van der Waals surface area contributed by atoms with E-state index in [-0.39, 0.29) is 0 Å². The van der Waals surface area contributed by atoms with E-state index >= 15 is 0 Å². The van der Waals surface area contributed by atoms with Crippen molar-refractivity contribution in [1.29, 1.82) is 0 Å². The summed E-state index contributed by atoms with van der Waals surface area (Å²) < 4.78 is 5.37. The first-order valence-electron chi connectivity index (χ1n) is 5.83. The molecule has 1 aliphatic heterocycles. The van der Waals surface area contributed by atoms with E-state index in [9.17, 15) is 0 Å². The van der Waals surface area contributed by atoms with Crippen LogP contribution in [0.1, 0.15) is 24.0 Å². The maximum Gasteiger partial charge on any atom is 0.0476 e. The topological polar surface area (TPSA) is 35.2 Å². The third-order valence-electron chi connectivity index (χ3n) is 2.94. The summed E-state index contributed by atoms with van der Waals surface area (Å²) in [5.74, 6) is 0. The minimum absolute atomic E-state index is 0.628. The van der Waals surface area contributed by atoms with Crippen LogP contribution in [0.3, 0.4) is 0 Å². The van der Waals surface area contributed by atoms with Crippen molar-refractivity contribution in [1.82, 2.24) is 0 Å². The molecule has 0 bridgehead atoms. The van der Waals surface area contributed by atoms with E-state index in [0.29, 0.717) is 6.54 Å². The fraction of sp³-hybridized carbons (Fsp3) is 0.538. The SMILES string of the molecule is Cc1cc(CN)ccc1SC1CCOCC1. The molecule has 3 heteroatoms. The van der Waals surface area contributed by atoms with Gasteiger partial charge in [0.05, 0.1) is 0 Å². The number of rotatable bonds is 3. The van der Waals surface area contributed by atoms with Gasteiger partial charge in [-0.05, 0) is 37.0 Å². The van der Waals surface area contributed by atoms with Gasteiger partial charge in [-0.2, -0.15) is 0 Å². The van der Waals surface area contributed by atoms with Crippen LogP contribution in [0.2, 0.25) is 0 Å². The fourth-order valence-corrected chi connectivity index (χ4v) is 3.12. The smallest absolute Gasteiger partial charge is 0.0476 e. The predicted octanol–water partition coefficient (Wildman–Crippen LogP) is 2.72. The maximum absolute atomic E-state index is 5.63. The van der Waals surface area contributed by atoms with E-state index in [0.717, 1.165) is 18.5 Å². The van der Waals surface area contributed by atoms with Gasteiger partial charge in [-0.15, -0.1) is 11.8 Å². The average Bonchev–Trinajstić information content (AvgIpc) is 2.33. The highest BCUT2D eigenvalue weighted by Gasteiger charge is 2.15. The first-order chi connectivity index (χ1) is 7.79. The summed E-state index contributed by atoms with van der Waals surface area (Å²) in [6.07, 6.45) is 2.34. The Hall–Kier alpha value is -0.510. The van der Waals surface area contributed by atoms with Crippen LogP contribution in [-0.4, -0.2) is 18.5 Å². The molecule has 0 unspecified atom stereocenters. The molecule has 1 saturated heterocycles. The van der Waals surface area contributed by atoms with Gasteiger partial charge < -0.3 is 10.5 Å². The Labute approximate surface area is 102 Å². The second-order valence-electron chi connectivity index (χ2n) is 4.23. The van der Waals surface area contributed by atoms with Crippen molar-refractivity contribution >= 4 is 11.8 Å². The third-order valence-corrected chi connectivity index (χ3v) is 4.45. The molecule has 1 fully saturated rings. The zero-order chi connectivity index (χ0) is 11.4. The molecule has 0 aromatic heterocycles. The first kappa shape index (κ1) is 12.0. The Morgan fingerprint density at radius 3 is 2.75 bits per heavy atom. The summed E-state index contributed by atoms with van der Waals surface area (Å²) in [6, 6.07) is 6.54. The van der Waals surface area contributed by atoms with E-state index in [1.54, 1.807) is 0 Å². The summed E-state index contributed by atoms with van der Waals surface area (Å²) in [5, 5.41) is 0.719. The van der Waals surface area contributed by atoms with E-state index in [1.165, 1.54) is 28.9 Å². The van der Waals surface area contributed by atoms with Crippen LogP contribution in [0.15, 0.2) is 23.1 Å². The molecule has 0 saturated carbocycles. The summed E-state index contributed by atoms with van der Waals surface area (Å²) in [4.78, 5) is 1.39. The lowest BCUT2D eigenvalue weighted by Gasteiger charge is -2.22. The third kappa shape index (κ3) is 3.00. The van der Waals surface area contributed by atoms with Gasteiger partial charge in [-0.25, -0.2) is 0 Å². The molecular formula is C13H19NOS. The van der Waals surface area contributed by atoms with Crippen molar-refractivity contribution in [2.75, 3.05) is 13.2 Å². The zero-order valence-corrected chi connectivity index (χ0v) is 10.6. The lowest BCUT2D eigenvalue weighted by molar-refractivity contribution is 0.100. The van der Waals surface area contributed by atoms with Crippen molar-refractivity contribution in [3.05, 3.63) is 29.3 Å². The summed E-state index contributed by atoms with van der Waals surface area (Å²) in [5.41, 5.74) is 8.19. The van der Waals surface area contributed by atoms with Crippen molar-refractivity contribution in [2.45, 2.75) is 36.5 Å². The van der Waals surface area contributed by atoms with E-state index in [4.69, 9.17) is 10.5 Å². The van der Waals surface area contributed by atoms with Gasteiger partial charge in [0.25, 0.3) is 0 Å². The maximum atomic E-state index is 5.63. The van der Waals surface area contributed by atoms with E-state index in [1.807, 2.05) is 11.8 Å². The van der Waals surface area contributed by atoms with Gasteiger partial charge in [0.2, 0.25) is 0 Å². The molecule has 1 heterocycles. The number of hydrogen-bond acceptors (Lipinski definition) is 3. The van der Waals surface area contributed by atoms with Gasteiger partial charge in [-0.3, -0.25) is 0 Å². The van der Waals surface area contributed by atoms with Crippen LogP contribution in [-0.2, 0) is 11.3 Å². The molecule has 0 spiro atoms. The van der Waals surface area contributed by atoms with Gasteiger partial charge in [-0.1, -0.05) is 12.1 Å². The van der Waals surface area contributed by atoms with Gasteiger partial charge >= 0.3 is 0 Å². The predicted molar refractivity (Wildman–Crippen MR) is 68.8 cm³/mol. The molecular weight excluding hydrogens is 218 g/mol. The van der Waals surface area contributed by atoms with Crippen LogP contribution >= 0.6 is 11.8 Å². The molecule has 0 radical (unpaired) electrons. The Morgan fingerprint density at radius 1 is 1.38 bits per heavy atom. The fourth-order valence-electron chi connectivity index (χ4n) is 1.94. The van der Waals surface area contributed by atoms with Crippen LogP contribution in [0.25, 0.3) is 0 Å². The largest absolute Gasteiger partial charge is 0.381 e. The van der Waals surface area contributed by atoms with E-state index < -0.39 is 0 Å². The Bertz CT molecular complexity index is 348. The Balaban J connectivity index is 2.03. The Morgan fingerprint density at radius 2 is 2.12 bits per heavy atom. The van der Waals surface area contributed by atoms with Gasteiger partial charge in [0, 0.05) is 29.9 Å². The van der Waals surface area contributed by atoms with Crippen molar-refractivity contribution in [3.8, 4) is 0 Å². The molecule has 0 amide bonds. The number of nitrogens with two attached hydrogens (primary N) is 1. The minimum Gasteiger partial charge on any atom is -0.381 e. The zero-order valence-electron chi connectivity index (χ0n) is 9.74. The van der Waals surface area contributed by atoms with Crippen LogP contribution < -0.4 is 5.73 Å². The number of hydrogen-bond donors (Lipinski definition) is 1. The standard InChI is InChI=1S/C13H19NOS/c1-10-8-11(9-14)2-3-13(10)16-12-4-6-15-7-5-12/h2-3,8,12H,4-7,9,14H2,1H3. The van der Waals surface area contributed by atoms with Crippen LogP contribution in [0, 0.1) is 6.92 Å². The highest BCUT2D eigenvalue weighted by molar-refractivity contribution is 8.00. The number of benzene rings is 1. The van der Waals surface area contributed by atoms with Crippen molar-refractivity contribution < 1.29 is 4.74 Å². The van der Waals surface area contributed by atoms with E-state index in [2.05, 4.69) is 25.1 Å². The second kappa shape index (κ2) is 5.71. The quantitative estimate of drug-likeness (QED) is 0.878. The molecule has 0 aliphatic carbocycles. The molecule has 1 aromatic carbocycles. The highest BCUT2D eigenvalue weighted by Crippen LogP contribution is 2.32. The lowest BCUT2D eigenvalue weighted by atomic mass is 10.1.